The normalized spacial score (nSPS) is 32.1. The van der Waals surface area contributed by atoms with E-state index >= 15 is 0 Å². The van der Waals surface area contributed by atoms with Gasteiger partial charge in [-0.25, -0.2) is 0 Å². The molecule has 8 heteroatoms. The molecule has 0 aromatic rings. The van der Waals surface area contributed by atoms with E-state index in [0.717, 1.165) is 31.3 Å². The van der Waals surface area contributed by atoms with Gasteiger partial charge < -0.3 is 24.3 Å². The Morgan fingerprint density at radius 2 is 1.52 bits per heavy atom. The molecule has 3 aliphatic heterocycles. The monoisotopic (exact) mass is 587 g/mol. The van der Waals surface area contributed by atoms with Crippen molar-refractivity contribution >= 4 is 17.7 Å². The number of hydrogen-bond donors (Lipinski definition) is 1. The van der Waals surface area contributed by atoms with Crippen LogP contribution in [0.3, 0.4) is 0 Å². The maximum Gasteiger partial charge on any atom is 0.308 e. The number of fused-ring (bicyclic) bond motifs is 4. The summed E-state index contributed by atoms with van der Waals surface area (Å²) in [5.41, 5.74) is 0.145. The highest BCUT2D eigenvalue weighted by molar-refractivity contribution is 5.95. The van der Waals surface area contributed by atoms with Gasteiger partial charge in [-0.2, -0.15) is 0 Å². The second kappa shape index (κ2) is 15.6. The van der Waals surface area contributed by atoms with Crippen LogP contribution in [0.1, 0.15) is 124 Å². The van der Waals surface area contributed by atoms with E-state index in [9.17, 15) is 14.4 Å². The van der Waals surface area contributed by atoms with Crippen LogP contribution in [0.5, 0.6) is 0 Å². The third-order valence-corrected chi connectivity index (χ3v) is 9.08. The molecule has 1 saturated carbocycles. The standard InChI is InChI=1S/C34H53NO7/c1-5-7-9-11-12-13-14-16-18-27(37)39-33-25(22-34(42-33)31-29(40-31)28(38)30-32(34)41-30)35-26(36)20-19-24(4)21-23(3)17-15-10-8-6-2/h19-21,23,25,29-33H,5-18,22H2,1-4H3,(H,35,36)/b20-19+,24-21-. The molecule has 1 amide bonds. The third kappa shape index (κ3) is 8.76. The van der Waals surface area contributed by atoms with Gasteiger partial charge in [0.25, 0.3) is 0 Å². The molecule has 3 heterocycles. The van der Waals surface area contributed by atoms with Crippen LogP contribution in [-0.4, -0.2) is 60.0 Å². The third-order valence-electron chi connectivity index (χ3n) is 9.08. The first-order valence-electron chi connectivity index (χ1n) is 16.7. The SMILES string of the molecule is CCCCCCCCCCC(=O)OC1OC2(CC1NC(=O)/C=C/C(C)=C\C(C)CCCCCC)C1OC1C(=O)C1OC12. The zero-order valence-corrected chi connectivity index (χ0v) is 26.2. The summed E-state index contributed by atoms with van der Waals surface area (Å²) in [6.45, 7) is 8.64. The van der Waals surface area contributed by atoms with E-state index in [1.54, 1.807) is 0 Å². The Bertz CT molecular complexity index is 970. The lowest BCUT2D eigenvalue weighted by Gasteiger charge is -2.27. The van der Waals surface area contributed by atoms with Crippen LogP contribution < -0.4 is 5.32 Å². The molecule has 8 nitrogen and oxygen atoms in total. The Hall–Kier alpha value is -2.03. The fourth-order valence-corrected chi connectivity index (χ4v) is 6.61. The zero-order valence-electron chi connectivity index (χ0n) is 26.2. The number of ether oxygens (including phenoxy) is 4. The van der Waals surface area contributed by atoms with Crippen LogP contribution in [0.2, 0.25) is 0 Å². The van der Waals surface area contributed by atoms with E-state index in [1.807, 2.05) is 13.0 Å². The fraction of sp³-hybridized carbons (Fsp3) is 0.794. The number of rotatable bonds is 19. The summed E-state index contributed by atoms with van der Waals surface area (Å²) in [5.74, 6) is -0.200. The molecule has 0 aromatic carbocycles. The van der Waals surface area contributed by atoms with E-state index in [4.69, 9.17) is 18.9 Å². The summed E-state index contributed by atoms with van der Waals surface area (Å²) in [4.78, 5) is 38.1. The lowest BCUT2D eigenvalue weighted by Crippen LogP contribution is -2.49. The summed E-state index contributed by atoms with van der Waals surface area (Å²) in [6, 6.07) is -0.561. The molecule has 0 radical (unpaired) electrons. The number of esters is 1. The number of nitrogens with one attached hydrogen (secondary N) is 1. The first kappa shape index (κ1) is 32.9. The van der Waals surface area contributed by atoms with Crippen molar-refractivity contribution in [2.45, 2.75) is 166 Å². The zero-order chi connectivity index (χ0) is 30.1. The van der Waals surface area contributed by atoms with Crippen LogP contribution in [0.4, 0.5) is 0 Å². The topological polar surface area (TPSA) is 107 Å². The van der Waals surface area contributed by atoms with Crippen molar-refractivity contribution in [3.8, 4) is 0 Å². The minimum Gasteiger partial charge on any atom is -0.433 e. The molecule has 4 aliphatic rings. The Morgan fingerprint density at radius 1 is 0.929 bits per heavy atom. The van der Waals surface area contributed by atoms with Gasteiger partial charge in [0.05, 0.1) is 6.04 Å². The summed E-state index contributed by atoms with van der Waals surface area (Å²) < 4.78 is 23.5. The predicted molar refractivity (Wildman–Crippen MR) is 161 cm³/mol. The molecule has 7 atom stereocenters. The van der Waals surface area contributed by atoms with Crippen LogP contribution in [0, 0.1) is 5.92 Å². The summed E-state index contributed by atoms with van der Waals surface area (Å²) >= 11 is 0. The van der Waals surface area contributed by atoms with E-state index < -0.39 is 42.3 Å². The van der Waals surface area contributed by atoms with Crippen molar-refractivity contribution in [1.29, 1.82) is 0 Å². The molecule has 1 spiro atoms. The van der Waals surface area contributed by atoms with E-state index in [2.05, 4.69) is 32.2 Å². The highest BCUT2D eigenvalue weighted by Crippen LogP contribution is 2.57. The Labute approximate surface area is 252 Å². The van der Waals surface area contributed by atoms with E-state index in [1.165, 1.54) is 63.9 Å². The Morgan fingerprint density at radius 3 is 2.17 bits per heavy atom. The van der Waals surface area contributed by atoms with Crippen molar-refractivity contribution in [2.75, 3.05) is 0 Å². The first-order chi connectivity index (χ1) is 20.3. The number of Topliss-reactive ketones (excluding diaryl/α,β-unsaturated/α-hetero) is 1. The lowest BCUT2D eigenvalue weighted by atomic mass is 9.81. The molecular weight excluding hydrogens is 534 g/mol. The summed E-state index contributed by atoms with van der Waals surface area (Å²) in [6.07, 6.45) is 18.6. The van der Waals surface area contributed by atoms with Crippen LogP contribution in [-0.2, 0) is 33.3 Å². The van der Waals surface area contributed by atoms with Crippen molar-refractivity contribution in [1.82, 2.24) is 5.32 Å². The van der Waals surface area contributed by atoms with Gasteiger partial charge in [-0.1, -0.05) is 109 Å². The van der Waals surface area contributed by atoms with Gasteiger partial charge in [-0.3, -0.25) is 14.4 Å². The number of allylic oxidation sites excluding steroid dienone is 3. The highest BCUT2D eigenvalue weighted by Gasteiger charge is 2.79. The maximum absolute atomic E-state index is 13.0. The van der Waals surface area contributed by atoms with E-state index in [0.29, 0.717) is 18.8 Å². The van der Waals surface area contributed by atoms with Crippen LogP contribution >= 0.6 is 0 Å². The molecule has 4 rings (SSSR count). The van der Waals surface area contributed by atoms with Crippen LogP contribution in [0.15, 0.2) is 23.8 Å². The summed E-state index contributed by atoms with van der Waals surface area (Å²) in [7, 11) is 0. The number of carbonyl (C=O) groups excluding carboxylic acids is 3. The van der Waals surface area contributed by atoms with Crippen molar-refractivity contribution in [3.63, 3.8) is 0 Å². The van der Waals surface area contributed by atoms with Gasteiger partial charge in [-0.05, 0) is 25.7 Å². The number of unbranched alkanes of at least 4 members (excludes halogenated alkanes) is 10. The molecule has 42 heavy (non-hydrogen) atoms. The van der Waals surface area contributed by atoms with Gasteiger partial charge in [0, 0.05) is 18.9 Å². The van der Waals surface area contributed by atoms with E-state index in [-0.39, 0.29) is 17.7 Å². The highest BCUT2D eigenvalue weighted by atomic mass is 16.8. The Balaban J connectivity index is 1.29. The number of epoxide rings is 2. The number of hydrogen-bond acceptors (Lipinski definition) is 7. The molecule has 7 unspecified atom stereocenters. The first-order valence-corrected chi connectivity index (χ1v) is 16.7. The molecule has 0 bridgehead atoms. The average molecular weight is 588 g/mol. The molecule has 236 valence electrons. The molecule has 4 fully saturated rings. The van der Waals surface area contributed by atoms with Gasteiger partial charge >= 0.3 is 5.97 Å². The number of carbonyl (C=O) groups is 3. The van der Waals surface area contributed by atoms with Crippen molar-refractivity contribution in [3.05, 3.63) is 23.8 Å². The second-order valence-electron chi connectivity index (χ2n) is 12.9. The average Bonchev–Trinajstić information content (AvgIpc) is 3.88. The van der Waals surface area contributed by atoms with Gasteiger partial charge in [0.1, 0.15) is 30.0 Å². The molecule has 0 aromatic heterocycles. The Kier molecular flexibility index (Phi) is 12.2. The number of ketones is 1. The minimum absolute atomic E-state index is 0.0419. The molecule has 1 N–H and O–H groups in total. The fourth-order valence-electron chi connectivity index (χ4n) is 6.61. The smallest absolute Gasteiger partial charge is 0.308 e. The molecule has 1 aliphatic carbocycles. The van der Waals surface area contributed by atoms with Crippen molar-refractivity contribution in [2.24, 2.45) is 5.92 Å². The second-order valence-corrected chi connectivity index (χ2v) is 12.9. The number of amides is 1. The maximum atomic E-state index is 13.0. The quantitative estimate of drug-likeness (QED) is 0.0625. The molecule has 3 saturated heterocycles. The largest absolute Gasteiger partial charge is 0.433 e. The van der Waals surface area contributed by atoms with Gasteiger partial charge in [0.15, 0.2) is 5.78 Å². The van der Waals surface area contributed by atoms with Gasteiger partial charge in [0.2, 0.25) is 12.2 Å². The van der Waals surface area contributed by atoms with Crippen molar-refractivity contribution < 1.29 is 33.3 Å². The molecular formula is C34H53NO7. The van der Waals surface area contributed by atoms with Gasteiger partial charge in [-0.15, -0.1) is 0 Å². The predicted octanol–water partition coefficient (Wildman–Crippen LogP) is 6.26. The lowest BCUT2D eigenvalue weighted by molar-refractivity contribution is -0.197. The summed E-state index contributed by atoms with van der Waals surface area (Å²) in [5, 5.41) is 3.00. The van der Waals surface area contributed by atoms with Crippen LogP contribution in [0.25, 0.3) is 0 Å². The minimum atomic E-state index is -0.952.